The van der Waals surface area contributed by atoms with E-state index in [9.17, 15) is 0 Å². The van der Waals surface area contributed by atoms with Gasteiger partial charge in [0.15, 0.2) is 5.17 Å². The number of hydrogen-bond donors (Lipinski definition) is 1. The Morgan fingerprint density at radius 1 is 1.59 bits per heavy atom. The van der Waals surface area contributed by atoms with Crippen molar-refractivity contribution in [3.63, 3.8) is 0 Å². The summed E-state index contributed by atoms with van der Waals surface area (Å²) in [5, 5.41) is 5.69. The Hall–Kier alpha value is -0.190. The normalized spacial score (nSPS) is 19.2. The van der Waals surface area contributed by atoms with Gasteiger partial charge in [0.05, 0.1) is 11.6 Å². The second kappa shape index (κ2) is 6.12. The molecule has 0 spiro atoms. The maximum atomic E-state index is 5.95. The first kappa shape index (κ1) is 13.2. The molecule has 1 unspecified atom stereocenters. The molecule has 5 heteroatoms. The molecule has 17 heavy (non-hydrogen) atoms. The molecule has 0 aromatic heterocycles. The first-order valence-corrected chi connectivity index (χ1v) is 7.67. The van der Waals surface area contributed by atoms with Gasteiger partial charge in [-0.05, 0) is 40.5 Å². The van der Waals surface area contributed by atoms with E-state index in [2.05, 4.69) is 33.2 Å². The maximum Gasteiger partial charge on any atom is 0.161 e. The minimum atomic E-state index is 0.637. The molecular weight excluding hydrogens is 320 g/mol. The van der Waals surface area contributed by atoms with Crippen LogP contribution in [0.25, 0.3) is 0 Å². The van der Waals surface area contributed by atoms with E-state index in [4.69, 9.17) is 11.6 Å². The Morgan fingerprint density at radius 3 is 3.12 bits per heavy atom. The van der Waals surface area contributed by atoms with E-state index < -0.39 is 0 Å². The van der Waals surface area contributed by atoms with Gasteiger partial charge in [-0.25, -0.2) is 0 Å². The Bertz CT molecular complexity index is 437. The molecule has 1 aromatic rings. The number of aliphatic imine (C=N–C) groups is 1. The van der Waals surface area contributed by atoms with Crippen LogP contribution in [0.1, 0.15) is 19.8 Å². The van der Waals surface area contributed by atoms with Crippen molar-refractivity contribution in [2.75, 3.05) is 11.9 Å². The van der Waals surface area contributed by atoms with Gasteiger partial charge in [0.2, 0.25) is 0 Å². The number of thioether (sulfide) groups is 1. The molecule has 1 N–H and O–H groups in total. The minimum absolute atomic E-state index is 0.637. The predicted molar refractivity (Wildman–Crippen MR) is 81.4 cm³/mol. The Morgan fingerprint density at radius 2 is 2.41 bits per heavy atom. The molecule has 1 heterocycles. The second-order valence-electron chi connectivity index (χ2n) is 3.93. The minimum Gasteiger partial charge on any atom is -0.335 e. The molecule has 0 saturated carbocycles. The van der Waals surface area contributed by atoms with Crippen molar-refractivity contribution in [2.24, 2.45) is 4.99 Å². The highest BCUT2D eigenvalue weighted by Gasteiger charge is 2.18. The number of anilines is 1. The van der Waals surface area contributed by atoms with E-state index in [0.29, 0.717) is 5.25 Å². The molecule has 0 radical (unpaired) electrons. The van der Waals surface area contributed by atoms with Crippen LogP contribution in [0.15, 0.2) is 27.7 Å². The fraction of sp³-hybridized carbons (Fsp3) is 0.417. The van der Waals surface area contributed by atoms with Crippen LogP contribution in [-0.2, 0) is 0 Å². The van der Waals surface area contributed by atoms with Gasteiger partial charge in [-0.15, -0.1) is 0 Å². The smallest absolute Gasteiger partial charge is 0.161 e. The summed E-state index contributed by atoms with van der Waals surface area (Å²) in [6.07, 6.45) is 2.44. The summed E-state index contributed by atoms with van der Waals surface area (Å²) >= 11 is 11.2. The van der Waals surface area contributed by atoms with E-state index >= 15 is 0 Å². The van der Waals surface area contributed by atoms with Gasteiger partial charge in [-0.3, -0.25) is 4.99 Å². The SMILES string of the molecule is CCCC1CN=C(Nc2ccc(Cl)c(Br)c2)S1. The summed E-state index contributed by atoms with van der Waals surface area (Å²) in [6.45, 7) is 3.14. The van der Waals surface area contributed by atoms with Crippen LogP contribution in [0.4, 0.5) is 5.69 Å². The molecule has 1 atom stereocenters. The highest BCUT2D eigenvalue weighted by Crippen LogP contribution is 2.29. The third kappa shape index (κ3) is 3.63. The number of benzene rings is 1. The van der Waals surface area contributed by atoms with Crippen molar-refractivity contribution in [1.82, 2.24) is 0 Å². The van der Waals surface area contributed by atoms with Gasteiger partial charge in [0.1, 0.15) is 0 Å². The molecule has 92 valence electrons. The van der Waals surface area contributed by atoms with Crippen LogP contribution in [0, 0.1) is 0 Å². The molecular formula is C12H14BrClN2S. The Balaban J connectivity index is 1.96. The predicted octanol–water partition coefficient (Wildman–Crippen LogP) is 4.79. The zero-order valence-electron chi connectivity index (χ0n) is 9.54. The molecule has 2 rings (SSSR count). The number of nitrogens with one attached hydrogen (secondary N) is 1. The number of halogens is 2. The van der Waals surface area contributed by atoms with Gasteiger partial charge in [0, 0.05) is 15.4 Å². The average Bonchev–Trinajstić information content (AvgIpc) is 2.72. The number of amidine groups is 1. The standard InChI is InChI=1S/C12H14BrClN2S/c1-2-3-9-7-15-12(17-9)16-8-4-5-11(14)10(13)6-8/h4-6,9H,2-3,7H2,1H3,(H,15,16). The third-order valence-electron chi connectivity index (χ3n) is 2.50. The van der Waals surface area contributed by atoms with Gasteiger partial charge < -0.3 is 5.32 Å². The van der Waals surface area contributed by atoms with Crippen molar-refractivity contribution in [1.29, 1.82) is 0 Å². The van der Waals surface area contributed by atoms with Crippen molar-refractivity contribution >= 4 is 50.1 Å². The number of rotatable bonds is 3. The average molecular weight is 334 g/mol. The topological polar surface area (TPSA) is 24.4 Å². The summed E-state index contributed by atoms with van der Waals surface area (Å²) in [4.78, 5) is 4.50. The summed E-state index contributed by atoms with van der Waals surface area (Å²) in [7, 11) is 0. The van der Waals surface area contributed by atoms with Crippen molar-refractivity contribution < 1.29 is 0 Å². The molecule has 0 bridgehead atoms. The van der Waals surface area contributed by atoms with E-state index in [1.165, 1.54) is 12.8 Å². The summed E-state index contributed by atoms with van der Waals surface area (Å²) < 4.78 is 0.901. The van der Waals surface area contributed by atoms with Crippen LogP contribution < -0.4 is 5.32 Å². The Kier molecular flexibility index (Phi) is 4.77. The Labute approximate surface area is 119 Å². The van der Waals surface area contributed by atoms with E-state index in [1.807, 2.05) is 30.0 Å². The molecule has 1 aliphatic heterocycles. The molecule has 2 nitrogen and oxygen atoms in total. The summed E-state index contributed by atoms with van der Waals surface area (Å²) in [6, 6.07) is 5.81. The van der Waals surface area contributed by atoms with Crippen LogP contribution in [0.2, 0.25) is 5.02 Å². The van der Waals surface area contributed by atoms with E-state index in [-0.39, 0.29) is 0 Å². The van der Waals surface area contributed by atoms with Gasteiger partial charge in [-0.1, -0.05) is 36.7 Å². The lowest BCUT2D eigenvalue weighted by Gasteiger charge is -2.08. The summed E-state index contributed by atoms with van der Waals surface area (Å²) in [5.74, 6) is 0. The van der Waals surface area contributed by atoms with Crippen LogP contribution in [-0.4, -0.2) is 17.0 Å². The fourth-order valence-electron chi connectivity index (χ4n) is 1.66. The van der Waals surface area contributed by atoms with Crippen molar-refractivity contribution in [3.8, 4) is 0 Å². The molecule has 1 aromatic carbocycles. The first-order chi connectivity index (χ1) is 8.19. The van der Waals surface area contributed by atoms with Crippen molar-refractivity contribution in [3.05, 3.63) is 27.7 Å². The zero-order valence-corrected chi connectivity index (χ0v) is 12.7. The molecule has 1 aliphatic rings. The maximum absolute atomic E-state index is 5.95. The monoisotopic (exact) mass is 332 g/mol. The van der Waals surface area contributed by atoms with Crippen LogP contribution in [0.5, 0.6) is 0 Å². The van der Waals surface area contributed by atoms with Crippen LogP contribution in [0.3, 0.4) is 0 Å². The fourth-order valence-corrected chi connectivity index (χ4v) is 3.30. The second-order valence-corrected chi connectivity index (χ2v) is 6.48. The zero-order chi connectivity index (χ0) is 12.3. The first-order valence-electron chi connectivity index (χ1n) is 5.62. The number of hydrogen-bond acceptors (Lipinski definition) is 3. The highest BCUT2D eigenvalue weighted by atomic mass is 79.9. The van der Waals surface area contributed by atoms with Crippen molar-refractivity contribution in [2.45, 2.75) is 25.0 Å². The quantitative estimate of drug-likeness (QED) is 0.860. The van der Waals surface area contributed by atoms with Gasteiger partial charge >= 0.3 is 0 Å². The van der Waals surface area contributed by atoms with E-state index in [0.717, 1.165) is 26.9 Å². The lowest BCUT2D eigenvalue weighted by atomic mass is 10.2. The molecule has 0 fully saturated rings. The number of nitrogens with zero attached hydrogens (tertiary/aromatic N) is 1. The lowest BCUT2D eigenvalue weighted by molar-refractivity contribution is 0.754. The molecule has 0 amide bonds. The van der Waals surface area contributed by atoms with Gasteiger partial charge in [0.25, 0.3) is 0 Å². The lowest BCUT2D eigenvalue weighted by Crippen LogP contribution is -2.07. The largest absolute Gasteiger partial charge is 0.335 e. The summed E-state index contributed by atoms with van der Waals surface area (Å²) in [5.41, 5.74) is 1.02. The third-order valence-corrected chi connectivity index (χ3v) is 4.88. The van der Waals surface area contributed by atoms with E-state index in [1.54, 1.807) is 0 Å². The molecule has 0 aliphatic carbocycles. The molecule has 0 saturated heterocycles. The highest BCUT2D eigenvalue weighted by molar-refractivity contribution is 9.10. The van der Waals surface area contributed by atoms with Crippen LogP contribution >= 0.6 is 39.3 Å². The van der Waals surface area contributed by atoms with Gasteiger partial charge in [-0.2, -0.15) is 0 Å².